The average molecular weight is 348 g/mol. The molecule has 0 N–H and O–H groups in total. The monoisotopic (exact) mass is 347 g/mol. The van der Waals surface area contributed by atoms with Crippen molar-refractivity contribution in [3.05, 3.63) is 48.4 Å². The number of aromatic nitrogens is 1. The number of rotatable bonds is 6. The second-order valence-corrected chi connectivity index (χ2v) is 5.21. The van der Waals surface area contributed by atoms with Crippen LogP contribution in [-0.4, -0.2) is 49.4 Å². The predicted molar refractivity (Wildman–Crippen MR) is 104 cm³/mol. The van der Waals surface area contributed by atoms with E-state index in [9.17, 15) is 0 Å². The molecule has 1 fully saturated rings. The third-order valence-electron chi connectivity index (χ3n) is 3.79. The zero-order valence-electron chi connectivity index (χ0n) is 16.1. The van der Waals surface area contributed by atoms with Crippen LogP contribution in [0.4, 0.5) is 5.69 Å². The van der Waals surface area contributed by atoms with E-state index in [4.69, 9.17) is 9.26 Å². The van der Waals surface area contributed by atoms with Crippen molar-refractivity contribution in [2.75, 3.05) is 44.2 Å². The van der Waals surface area contributed by atoms with Gasteiger partial charge in [0.05, 0.1) is 13.2 Å². The first-order valence-electron chi connectivity index (χ1n) is 9.41. The third-order valence-corrected chi connectivity index (χ3v) is 3.79. The van der Waals surface area contributed by atoms with Crippen molar-refractivity contribution in [3.8, 4) is 0 Å². The lowest BCUT2D eigenvalue weighted by atomic mass is 10.2. The molecule has 1 saturated heterocycles. The van der Waals surface area contributed by atoms with Gasteiger partial charge in [-0.15, -0.1) is 0 Å². The zero-order chi connectivity index (χ0) is 18.3. The lowest BCUT2D eigenvalue weighted by Gasteiger charge is -2.36. The fourth-order valence-electron chi connectivity index (χ4n) is 2.55. The number of para-hydroxylation sites is 1. The Morgan fingerprint density at radius 3 is 2.24 bits per heavy atom. The molecule has 1 aliphatic rings. The zero-order valence-corrected chi connectivity index (χ0v) is 16.1. The van der Waals surface area contributed by atoms with E-state index in [1.807, 2.05) is 33.8 Å². The number of hydrogen-bond donors (Lipinski definition) is 0. The van der Waals surface area contributed by atoms with Crippen molar-refractivity contribution in [2.45, 2.75) is 34.3 Å². The van der Waals surface area contributed by atoms with Crippen LogP contribution < -0.4 is 4.90 Å². The molecule has 1 aromatic carbocycles. The minimum absolute atomic E-state index is 0.528. The minimum atomic E-state index is 0.528. The molecule has 0 amide bonds. The maximum Gasteiger partial charge on any atom is 0.124 e. The van der Waals surface area contributed by atoms with Crippen LogP contribution >= 0.6 is 0 Å². The molecule has 0 atom stereocenters. The highest BCUT2D eigenvalue weighted by molar-refractivity contribution is 5.46. The Kier molecular flexibility index (Phi) is 11.4. The summed E-state index contributed by atoms with van der Waals surface area (Å²) < 4.78 is 10.4. The molecule has 5 nitrogen and oxygen atoms in total. The third kappa shape index (κ3) is 7.71. The molecule has 1 aliphatic heterocycles. The van der Waals surface area contributed by atoms with Crippen LogP contribution in [0.5, 0.6) is 0 Å². The minimum Gasteiger partial charge on any atom is -0.374 e. The molecule has 5 heteroatoms. The van der Waals surface area contributed by atoms with Crippen molar-refractivity contribution in [3.63, 3.8) is 0 Å². The van der Waals surface area contributed by atoms with Gasteiger partial charge in [-0.05, 0) is 12.1 Å². The van der Waals surface area contributed by atoms with E-state index in [1.165, 1.54) is 5.69 Å². The van der Waals surface area contributed by atoms with Gasteiger partial charge in [-0.25, -0.2) is 0 Å². The first kappa shape index (κ1) is 21.2. The van der Waals surface area contributed by atoms with Crippen LogP contribution in [0.2, 0.25) is 0 Å². The second kappa shape index (κ2) is 13.4. The Balaban J connectivity index is 0.000000730. The van der Waals surface area contributed by atoms with Gasteiger partial charge in [0.25, 0.3) is 0 Å². The van der Waals surface area contributed by atoms with Crippen LogP contribution in [-0.2, 0) is 11.3 Å². The summed E-state index contributed by atoms with van der Waals surface area (Å²) in [6.07, 6.45) is 1.57. The molecule has 2 heterocycles. The van der Waals surface area contributed by atoms with Crippen LogP contribution in [0.15, 0.2) is 47.2 Å². The smallest absolute Gasteiger partial charge is 0.124 e. The molecular formula is C20H33N3O2. The van der Waals surface area contributed by atoms with Crippen LogP contribution in [0.25, 0.3) is 0 Å². The Labute approximate surface area is 152 Å². The molecule has 25 heavy (non-hydrogen) atoms. The van der Waals surface area contributed by atoms with Crippen LogP contribution in [0.3, 0.4) is 0 Å². The van der Waals surface area contributed by atoms with Gasteiger partial charge in [0.15, 0.2) is 0 Å². The number of hydrogen-bond acceptors (Lipinski definition) is 5. The highest BCUT2D eigenvalue weighted by Crippen LogP contribution is 2.15. The van der Waals surface area contributed by atoms with Crippen molar-refractivity contribution in [2.24, 2.45) is 0 Å². The van der Waals surface area contributed by atoms with E-state index in [2.05, 4.69) is 45.3 Å². The van der Waals surface area contributed by atoms with Crippen molar-refractivity contribution in [1.29, 1.82) is 0 Å². The Morgan fingerprint density at radius 2 is 1.64 bits per heavy atom. The number of benzene rings is 1. The van der Waals surface area contributed by atoms with Gasteiger partial charge in [0.2, 0.25) is 0 Å². The summed E-state index contributed by atoms with van der Waals surface area (Å²) in [6.45, 7) is 14.6. The second-order valence-electron chi connectivity index (χ2n) is 5.21. The van der Waals surface area contributed by atoms with Gasteiger partial charge in [0.1, 0.15) is 12.0 Å². The topological polar surface area (TPSA) is 41.7 Å². The summed E-state index contributed by atoms with van der Waals surface area (Å²) in [6, 6.07) is 12.4. The van der Waals surface area contributed by atoms with Crippen molar-refractivity contribution < 1.29 is 9.26 Å². The summed E-state index contributed by atoms with van der Waals surface area (Å²) in [7, 11) is 0. The highest BCUT2D eigenvalue weighted by Gasteiger charge is 2.16. The largest absolute Gasteiger partial charge is 0.374 e. The van der Waals surface area contributed by atoms with Crippen LogP contribution in [0.1, 0.15) is 33.4 Å². The molecule has 0 radical (unpaired) electrons. The van der Waals surface area contributed by atoms with E-state index in [1.54, 1.807) is 6.26 Å². The van der Waals surface area contributed by atoms with Gasteiger partial charge in [-0.2, -0.15) is 0 Å². The number of anilines is 1. The molecular weight excluding hydrogens is 314 g/mol. The maximum absolute atomic E-state index is 5.61. The summed E-state index contributed by atoms with van der Waals surface area (Å²) >= 11 is 0. The van der Waals surface area contributed by atoms with E-state index in [0.717, 1.165) is 45.0 Å². The number of ether oxygens (including phenoxy) is 1. The maximum atomic E-state index is 5.61. The summed E-state index contributed by atoms with van der Waals surface area (Å²) in [5.41, 5.74) is 2.17. The molecule has 0 saturated carbocycles. The number of piperazine rings is 1. The lowest BCUT2D eigenvalue weighted by molar-refractivity contribution is 0.0871. The fraction of sp³-hybridized carbons (Fsp3) is 0.550. The van der Waals surface area contributed by atoms with Gasteiger partial charge in [0, 0.05) is 44.5 Å². The van der Waals surface area contributed by atoms with Crippen molar-refractivity contribution >= 4 is 5.69 Å². The molecule has 140 valence electrons. The molecule has 2 aromatic rings. The predicted octanol–water partition coefficient (Wildman–Crippen LogP) is 4.07. The van der Waals surface area contributed by atoms with E-state index < -0.39 is 0 Å². The fourth-order valence-corrected chi connectivity index (χ4v) is 2.55. The van der Waals surface area contributed by atoms with Crippen LogP contribution in [0, 0.1) is 0 Å². The standard InChI is InChI=1S/C16H21N3O2.2C2H6/c1-2-4-16(5-3-1)19-9-7-18(8-10-19)11-13-20-14-15-6-12-21-17-15;2*1-2/h1-6,12H,7-11,13-14H2;2*1-2H3. The summed E-state index contributed by atoms with van der Waals surface area (Å²) in [4.78, 5) is 4.88. The Morgan fingerprint density at radius 1 is 0.960 bits per heavy atom. The van der Waals surface area contributed by atoms with E-state index in [0.29, 0.717) is 6.61 Å². The number of nitrogens with zero attached hydrogens (tertiary/aromatic N) is 3. The molecule has 3 rings (SSSR count). The molecule has 1 aromatic heterocycles. The molecule has 0 bridgehead atoms. The lowest BCUT2D eigenvalue weighted by Crippen LogP contribution is -2.47. The highest BCUT2D eigenvalue weighted by atomic mass is 16.5. The summed E-state index contributed by atoms with van der Waals surface area (Å²) in [5.74, 6) is 0. The van der Waals surface area contributed by atoms with Crippen molar-refractivity contribution in [1.82, 2.24) is 10.1 Å². The van der Waals surface area contributed by atoms with E-state index >= 15 is 0 Å². The Hall–Kier alpha value is -1.85. The normalized spacial score (nSPS) is 14.2. The molecule has 0 spiro atoms. The van der Waals surface area contributed by atoms with Gasteiger partial charge < -0.3 is 14.2 Å². The van der Waals surface area contributed by atoms with Gasteiger partial charge in [-0.3, -0.25) is 4.90 Å². The first-order valence-corrected chi connectivity index (χ1v) is 9.41. The SMILES string of the molecule is CC.CC.c1ccc(N2CCN(CCOCc3ccon3)CC2)cc1. The van der Waals surface area contributed by atoms with Gasteiger partial charge in [-0.1, -0.05) is 51.1 Å². The first-order chi connectivity index (χ1) is 12.4. The molecule has 0 aliphatic carbocycles. The summed E-state index contributed by atoms with van der Waals surface area (Å²) in [5, 5.41) is 3.82. The quantitative estimate of drug-likeness (QED) is 0.737. The molecule has 0 unspecified atom stereocenters. The Bertz CT molecular complexity index is 509. The average Bonchev–Trinajstić information content (AvgIpc) is 3.23. The van der Waals surface area contributed by atoms with Gasteiger partial charge >= 0.3 is 0 Å². The van der Waals surface area contributed by atoms with E-state index in [-0.39, 0.29) is 0 Å².